The van der Waals surface area contributed by atoms with Crippen LogP contribution in [0.25, 0.3) is 0 Å². The first-order valence-electron chi connectivity index (χ1n) is 7.76. The summed E-state index contributed by atoms with van der Waals surface area (Å²) in [5.41, 5.74) is 2.64. The number of hydrogen-bond acceptors (Lipinski definition) is 3. The Morgan fingerprint density at radius 1 is 1.19 bits per heavy atom. The number of aryl methyl sites for hydroxylation is 1. The molecule has 0 saturated heterocycles. The molecule has 1 unspecified atom stereocenters. The van der Waals surface area contributed by atoms with E-state index < -0.39 is 0 Å². The summed E-state index contributed by atoms with van der Waals surface area (Å²) in [5.74, 6) is 0.965. The Hall–Kier alpha value is -1.32. The van der Waals surface area contributed by atoms with Crippen LogP contribution in [-0.2, 0) is 0 Å². The molecule has 0 spiro atoms. The normalized spacial score (nSPS) is 12.3. The summed E-state index contributed by atoms with van der Waals surface area (Å²) in [6, 6.07) is 10.9. The molecule has 1 aromatic heterocycles. The average molecular weight is 303 g/mol. The zero-order valence-electron chi connectivity index (χ0n) is 13.2. The molecule has 3 heteroatoms. The zero-order chi connectivity index (χ0) is 15.1. The van der Waals surface area contributed by atoms with Crippen LogP contribution in [0.4, 0.5) is 0 Å². The van der Waals surface area contributed by atoms with Crippen molar-refractivity contribution < 1.29 is 4.74 Å². The second-order valence-electron chi connectivity index (χ2n) is 5.28. The first-order chi connectivity index (χ1) is 10.3. The van der Waals surface area contributed by atoms with Crippen molar-refractivity contribution >= 4 is 11.3 Å². The van der Waals surface area contributed by atoms with E-state index in [1.54, 1.807) is 0 Å². The molecule has 2 aromatic rings. The van der Waals surface area contributed by atoms with Gasteiger partial charge in [-0.3, -0.25) is 0 Å². The molecule has 0 aliphatic heterocycles. The number of nitrogens with one attached hydrogen (secondary N) is 1. The maximum atomic E-state index is 5.77. The fraction of sp³-hybridized carbons (Fsp3) is 0.444. The van der Waals surface area contributed by atoms with E-state index in [9.17, 15) is 0 Å². The second kappa shape index (κ2) is 8.20. The standard InChI is InChI=1S/C18H25NOS/c1-4-10-19-17(18-14(3)9-12-21-18)15-7-6-8-16(13-15)20-11-5-2/h6-9,12-13,17,19H,4-5,10-11H2,1-3H3. The number of thiophene rings is 1. The summed E-state index contributed by atoms with van der Waals surface area (Å²) in [6.07, 6.45) is 2.17. The van der Waals surface area contributed by atoms with Gasteiger partial charge in [-0.1, -0.05) is 26.0 Å². The molecule has 1 atom stereocenters. The first kappa shape index (κ1) is 16.1. The molecule has 1 aromatic carbocycles. The predicted molar refractivity (Wildman–Crippen MR) is 91.4 cm³/mol. The molecular formula is C18H25NOS. The van der Waals surface area contributed by atoms with Crippen LogP contribution < -0.4 is 10.1 Å². The van der Waals surface area contributed by atoms with Crippen molar-refractivity contribution in [3.05, 3.63) is 51.7 Å². The van der Waals surface area contributed by atoms with E-state index in [4.69, 9.17) is 4.74 Å². The van der Waals surface area contributed by atoms with Gasteiger partial charge in [-0.05, 0) is 61.0 Å². The Kier molecular flexibility index (Phi) is 6.27. The van der Waals surface area contributed by atoms with Gasteiger partial charge in [-0.15, -0.1) is 11.3 Å². The maximum absolute atomic E-state index is 5.77. The van der Waals surface area contributed by atoms with Crippen LogP contribution in [0.5, 0.6) is 5.75 Å². The first-order valence-corrected chi connectivity index (χ1v) is 8.64. The Morgan fingerprint density at radius 3 is 2.71 bits per heavy atom. The third-order valence-corrected chi connectivity index (χ3v) is 4.51. The highest BCUT2D eigenvalue weighted by atomic mass is 32.1. The quantitative estimate of drug-likeness (QED) is 0.746. The fourth-order valence-corrected chi connectivity index (χ4v) is 3.36. The molecule has 0 aliphatic rings. The lowest BCUT2D eigenvalue weighted by molar-refractivity contribution is 0.317. The van der Waals surface area contributed by atoms with E-state index in [-0.39, 0.29) is 6.04 Å². The molecule has 1 N–H and O–H groups in total. The van der Waals surface area contributed by atoms with Crippen LogP contribution in [-0.4, -0.2) is 13.2 Å². The predicted octanol–water partition coefficient (Wildman–Crippen LogP) is 4.93. The minimum atomic E-state index is 0.259. The summed E-state index contributed by atoms with van der Waals surface area (Å²) >= 11 is 1.82. The average Bonchev–Trinajstić information content (AvgIpc) is 2.92. The van der Waals surface area contributed by atoms with Crippen LogP contribution in [0.3, 0.4) is 0 Å². The van der Waals surface area contributed by atoms with Gasteiger partial charge in [0.25, 0.3) is 0 Å². The second-order valence-corrected chi connectivity index (χ2v) is 6.22. The maximum Gasteiger partial charge on any atom is 0.119 e. The molecule has 0 saturated carbocycles. The van der Waals surface area contributed by atoms with Crippen LogP contribution in [0.1, 0.15) is 48.7 Å². The van der Waals surface area contributed by atoms with E-state index >= 15 is 0 Å². The van der Waals surface area contributed by atoms with Gasteiger partial charge in [0.05, 0.1) is 12.6 Å². The van der Waals surface area contributed by atoms with E-state index in [1.807, 2.05) is 17.4 Å². The highest BCUT2D eigenvalue weighted by Gasteiger charge is 2.17. The van der Waals surface area contributed by atoms with Crippen molar-refractivity contribution in [1.29, 1.82) is 0 Å². The van der Waals surface area contributed by atoms with E-state index in [0.717, 1.165) is 31.7 Å². The van der Waals surface area contributed by atoms with Crippen molar-refractivity contribution in [2.24, 2.45) is 0 Å². The smallest absolute Gasteiger partial charge is 0.119 e. The molecule has 21 heavy (non-hydrogen) atoms. The highest BCUT2D eigenvalue weighted by Crippen LogP contribution is 2.31. The lowest BCUT2D eigenvalue weighted by atomic mass is 10.0. The number of rotatable bonds is 8. The van der Waals surface area contributed by atoms with Gasteiger partial charge >= 0.3 is 0 Å². The van der Waals surface area contributed by atoms with Gasteiger partial charge < -0.3 is 10.1 Å². The fourth-order valence-electron chi connectivity index (χ4n) is 2.33. The third kappa shape index (κ3) is 4.32. The van der Waals surface area contributed by atoms with Crippen LogP contribution >= 0.6 is 11.3 Å². The number of benzene rings is 1. The van der Waals surface area contributed by atoms with Gasteiger partial charge in [0.2, 0.25) is 0 Å². The SMILES string of the molecule is CCCNC(c1cccc(OCCC)c1)c1sccc1C. The van der Waals surface area contributed by atoms with Crippen molar-refractivity contribution in [2.75, 3.05) is 13.2 Å². The zero-order valence-corrected chi connectivity index (χ0v) is 14.0. The topological polar surface area (TPSA) is 21.3 Å². The highest BCUT2D eigenvalue weighted by molar-refractivity contribution is 7.10. The summed E-state index contributed by atoms with van der Waals surface area (Å²) in [4.78, 5) is 1.40. The Morgan fingerprint density at radius 2 is 2.05 bits per heavy atom. The van der Waals surface area contributed by atoms with E-state index in [1.165, 1.54) is 16.0 Å². The molecule has 0 radical (unpaired) electrons. The van der Waals surface area contributed by atoms with Crippen molar-refractivity contribution in [3.8, 4) is 5.75 Å². The number of hydrogen-bond donors (Lipinski definition) is 1. The molecule has 1 heterocycles. The molecule has 114 valence electrons. The van der Waals surface area contributed by atoms with Crippen molar-refractivity contribution in [3.63, 3.8) is 0 Å². The lowest BCUT2D eigenvalue weighted by Gasteiger charge is -2.20. The molecule has 2 rings (SSSR count). The third-order valence-electron chi connectivity index (χ3n) is 3.43. The van der Waals surface area contributed by atoms with Gasteiger partial charge in [0.15, 0.2) is 0 Å². The van der Waals surface area contributed by atoms with Crippen LogP contribution in [0.2, 0.25) is 0 Å². The largest absolute Gasteiger partial charge is 0.494 e. The Bertz CT molecular complexity index is 550. The summed E-state index contributed by atoms with van der Waals surface area (Å²) in [7, 11) is 0. The van der Waals surface area contributed by atoms with Crippen molar-refractivity contribution in [1.82, 2.24) is 5.32 Å². The number of ether oxygens (including phenoxy) is 1. The summed E-state index contributed by atoms with van der Waals surface area (Å²) in [6.45, 7) is 8.30. The summed E-state index contributed by atoms with van der Waals surface area (Å²) in [5, 5.41) is 5.84. The van der Waals surface area contributed by atoms with E-state index in [2.05, 4.69) is 55.7 Å². The molecule has 0 aliphatic carbocycles. The summed E-state index contributed by atoms with van der Waals surface area (Å²) < 4.78 is 5.77. The minimum absolute atomic E-state index is 0.259. The molecule has 0 fully saturated rings. The van der Waals surface area contributed by atoms with Gasteiger partial charge in [-0.25, -0.2) is 0 Å². The lowest BCUT2D eigenvalue weighted by Crippen LogP contribution is -2.23. The van der Waals surface area contributed by atoms with Crippen LogP contribution in [0, 0.1) is 6.92 Å². The Balaban J connectivity index is 2.26. The molecule has 0 bridgehead atoms. The monoisotopic (exact) mass is 303 g/mol. The van der Waals surface area contributed by atoms with Gasteiger partial charge in [-0.2, -0.15) is 0 Å². The Labute approximate surface area is 132 Å². The van der Waals surface area contributed by atoms with Crippen LogP contribution in [0.15, 0.2) is 35.7 Å². The molecular weight excluding hydrogens is 278 g/mol. The van der Waals surface area contributed by atoms with E-state index in [0.29, 0.717) is 0 Å². The van der Waals surface area contributed by atoms with Gasteiger partial charge in [0, 0.05) is 4.88 Å². The minimum Gasteiger partial charge on any atom is -0.494 e. The molecule has 2 nitrogen and oxygen atoms in total. The van der Waals surface area contributed by atoms with Crippen molar-refractivity contribution in [2.45, 2.75) is 39.7 Å². The molecule has 0 amide bonds. The van der Waals surface area contributed by atoms with Gasteiger partial charge in [0.1, 0.15) is 5.75 Å².